The van der Waals surface area contributed by atoms with Crippen molar-refractivity contribution in [3.63, 3.8) is 0 Å². The number of nitrogens with one attached hydrogen (secondary N) is 1. The molecule has 2 heteroatoms. The molecule has 1 aromatic heterocycles. The molecule has 0 amide bonds. The van der Waals surface area contributed by atoms with E-state index in [0.717, 1.165) is 24.1 Å². The second-order valence-electron chi connectivity index (χ2n) is 7.18. The maximum Gasteiger partial charge on any atom is 0.0426 e. The van der Waals surface area contributed by atoms with Gasteiger partial charge in [0.15, 0.2) is 0 Å². The first-order valence-corrected chi connectivity index (χ1v) is 8.65. The molecule has 1 fully saturated rings. The van der Waals surface area contributed by atoms with Crippen LogP contribution in [0.2, 0.25) is 0 Å². The number of rotatable bonds is 5. The van der Waals surface area contributed by atoms with Gasteiger partial charge < -0.3 is 5.32 Å². The van der Waals surface area contributed by atoms with Crippen molar-refractivity contribution >= 4 is 0 Å². The van der Waals surface area contributed by atoms with E-state index in [1.165, 1.54) is 48.9 Å². The first-order valence-electron chi connectivity index (χ1n) is 8.65. The highest BCUT2D eigenvalue weighted by molar-refractivity contribution is 5.33. The third kappa shape index (κ3) is 4.54. The predicted molar refractivity (Wildman–Crippen MR) is 90.6 cm³/mol. The topological polar surface area (TPSA) is 24.9 Å². The zero-order valence-corrected chi connectivity index (χ0v) is 14.5. The Labute approximate surface area is 130 Å². The van der Waals surface area contributed by atoms with Crippen LogP contribution in [0.25, 0.3) is 0 Å². The predicted octanol–water partition coefficient (Wildman–Crippen LogP) is 4.87. The van der Waals surface area contributed by atoms with Crippen molar-refractivity contribution < 1.29 is 0 Å². The van der Waals surface area contributed by atoms with Crippen LogP contribution in [0, 0.1) is 32.6 Å². The molecule has 3 atom stereocenters. The van der Waals surface area contributed by atoms with Crippen LogP contribution in [-0.4, -0.2) is 11.5 Å². The Morgan fingerprint density at radius 2 is 2.05 bits per heavy atom. The number of hydrogen-bond donors (Lipinski definition) is 1. The lowest BCUT2D eigenvalue weighted by Crippen LogP contribution is -2.25. The number of aromatic nitrogens is 1. The van der Waals surface area contributed by atoms with Gasteiger partial charge in [-0.2, -0.15) is 0 Å². The molecule has 0 spiro atoms. The average Bonchev–Trinajstić information content (AvgIpc) is 2.37. The SMILES string of the molecule is Cc1cc(C)c(C(C)NCCC2CCCC(C)C2)c(C)n1. The Bertz CT molecular complexity index is 444. The largest absolute Gasteiger partial charge is 0.310 e. The molecule has 2 nitrogen and oxygen atoms in total. The fraction of sp³-hybridized carbons (Fsp3) is 0.737. The summed E-state index contributed by atoms with van der Waals surface area (Å²) in [5.41, 5.74) is 5.06. The van der Waals surface area contributed by atoms with E-state index in [1.54, 1.807) is 0 Å². The van der Waals surface area contributed by atoms with Crippen molar-refractivity contribution in [3.05, 3.63) is 28.6 Å². The standard InChI is InChI=1S/C19H32N2/c1-13-7-6-8-18(11-13)9-10-20-16(4)19-14(2)12-15(3)21-17(19)5/h12-13,16,18,20H,6-11H2,1-5H3. The number of aryl methyl sites for hydroxylation is 3. The molecule has 1 heterocycles. The summed E-state index contributed by atoms with van der Waals surface area (Å²) in [6.45, 7) is 12.2. The van der Waals surface area contributed by atoms with Gasteiger partial charge in [0.05, 0.1) is 0 Å². The van der Waals surface area contributed by atoms with E-state index >= 15 is 0 Å². The third-order valence-corrected chi connectivity index (χ3v) is 5.07. The minimum absolute atomic E-state index is 0.402. The first kappa shape index (κ1) is 16.5. The van der Waals surface area contributed by atoms with Gasteiger partial charge in [-0.05, 0) is 76.1 Å². The number of pyridine rings is 1. The average molecular weight is 288 g/mol. The van der Waals surface area contributed by atoms with Crippen LogP contribution in [0.1, 0.15) is 74.5 Å². The van der Waals surface area contributed by atoms with Crippen LogP contribution >= 0.6 is 0 Å². The second-order valence-corrected chi connectivity index (χ2v) is 7.18. The zero-order chi connectivity index (χ0) is 15.4. The molecule has 0 radical (unpaired) electrons. The van der Waals surface area contributed by atoms with Crippen LogP contribution in [0.5, 0.6) is 0 Å². The van der Waals surface area contributed by atoms with Gasteiger partial charge in [-0.15, -0.1) is 0 Å². The molecule has 118 valence electrons. The quantitative estimate of drug-likeness (QED) is 0.835. The fourth-order valence-electron chi connectivity index (χ4n) is 4.12. The van der Waals surface area contributed by atoms with Crippen LogP contribution in [0.15, 0.2) is 6.07 Å². The number of hydrogen-bond acceptors (Lipinski definition) is 2. The van der Waals surface area contributed by atoms with Gasteiger partial charge in [-0.1, -0.05) is 26.2 Å². The molecule has 3 unspecified atom stereocenters. The lowest BCUT2D eigenvalue weighted by Gasteiger charge is -2.27. The van der Waals surface area contributed by atoms with Crippen molar-refractivity contribution in [1.29, 1.82) is 0 Å². The summed E-state index contributed by atoms with van der Waals surface area (Å²) in [5.74, 6) is 1.87. The summed E-state index contributed by atoms with van der Waals surface area (Å²) < 4.78 is 0. The highest BCUT2D eigenvalue weighted by Gasteiger charge is 2.19. The number of nitrogens with zero attached hydrogens (tertiary/aromatic N) is 1. The molecule has 21 heavy (non-hydrogen) atoms. The van der Waals surface area contributed by atoms with E-state index in [0.29, 0.717) is 6.04 Å². The summed E-state index contributed by atoms with van der Waals surface area (Å²) in [6, 6.07) is 2.60. The monoisotopic (exact) mass is 288 g/mol. The molecular formula is C19H32N2. The highest BCUT2D eigenvalue weighted by atomic mass is 14.9. The Balaban J connectivity index is 1.86. The maximum atomic E-state index is 4.62. The summed E-state index contributed by atoms with van der Waals surface area (Å²) in [6.07, 6.45) is 7.06. The smallest absolute Gasteiger partial charge is 0.0426 e. The van der Waals surface area contributed by atoms with Crippen molar-refractivity contribution in [2.45, 2.75) is 72.8 Å². The van der Waals surface area contributed by atoms with Crippen molar-refractivity contribution in [2.75, 3.05) is 6.54 Å². The van der Waals surface area contributed by atoms with Gasteiger partial charge in [-0.25, -0.2) is 0 Å². The summed E-state index contributed by atoms with van der Waals surface area (Å²) >= 11 is 0. The minimum Gasteiger partial charge on any atom is -0.310 e. The third-order valence-electron chi connectivity index (χ3n) is 5.07. The van der Waals surface area contributed by atoms with E-state index in [4.69, 9.17) is 0 Å². The van der Waals surface area contributed by atoms with Gasteiger partial charge in [0.2, 0.25) is 0 Å². The van der Waals surface area contributed by atoms with Gasteiger partial charge in [0.25, 0.3) is 0 Å². The molecule has 1 aromatic rings. The molecule has 1 aliphatic rings. The Kier molecular flexibility index (Phi) is 5.80. The van der Waals surface area contributed by atoms with E-state index in [2.05, 4.69) is 51.0 Å². The van der Waals surface area contributed by atoms with Crippen molar-refractivity contribution in [1.82, 2.24) is 10.3 Å². The van der Waals surface area contributed by atoms with Crippen LogP contribution in [-0.2, 0) is 0 Å². The van der Waals surface area contributed by atoms with Gasteiger partial charge in [0.1, 0.15) is 0 Å². The Morgan fingerprint density at radius 3 is 2.71 bits per heavy atom. The molecule has 0 bridgehead atoms. The Hall–Kier alpha value is -0.890. The summed E-state index contributed by atoms with van der Waals surface area (Å²) in [5, 5.41) is 3.72. The first-order chi connectivity index (χ1) is 9.97. The molecule has 2 rings (SSSR count). The normalized spacial score (nSPS) is 24.0. The zero-order valence-electron chi connectivity index (χ0n) is 14.5. The lowest BCUT2D eigenvalue weighted by molar-refractivity contribution is 0.265. The Morgan fingerprint density at radius 1 is 1.29 bits per heavy atom. The second kappa shape index (κ2) is 7.40. The van der Waals surface area contributed by atoms with E-state index in [-0.39, 0.29) is 0 Å². The van der Waals surface area contributed by atoms with Crippen LogP contribution in [0.4, 0.5) is 0 Å². The van der Waals surface area contributed by atoms with Crippen molar-refractivity contribution in [3.8, 4) is 0 Å². The fourth-order valence-corrected chi connectivity index (χ4v) is 4.12. The van der Waals surface area contributed by atoms with Gasteiger partial charge in [-0.3, -0.25) is 4.98 Å². The molecule has 0 saturated heterocycles. The summed E-state index contributed by atoms with van der Waals surface area (Å²) in [4.78, 5) is 4.62. The van der Waals surface area contributed by atoms with Crippen LogP contribution < -0.4 is 5.32 Å². The van der Waals surface area contributed by atoms with Crippen molar-refractivity contribution in [2.24, 2.45) is 11.8 Å². The molecule has 0 aliphatic heterocycles. The molecule has 1 aliphatic carbocycles. The van der Waals surface area contributed by atoms with Gasteiger partial charge >= 0.3 is 0 Å². The van der Waals surface area contributed by atoms with E-state index in [9.17, 15) is 0 Å². The molecule has 1 saturated carbocycles. The maximum absolute atomic E-state index is 4.62. The lowest BCUT2D eigenvalue weighted by atomic mass is 9.81. The molecular weight excluding hydrogens is 256 g/mol. The van der Waals surface area contributed by atoms with E-state index < -0.39 is 0 Å². The van der Waals surface area contributed by atoms with Gasteiger partial charge in [0, 0.05) is 17.4 Å². The van der Waals surface area contributed by atoms with E-state index in [1.807, 2.05) is 0 Å². The molecule has 0 aromatic carbocycles. The molecule has 1 N–H and O–H groups in total. The highest BCUT2D eigenvalue weighted by Crippen LogP contribution is 2.30. The minimum atomic E-state index is 0.402. The summed E-state index contributed by atoms with van der Waals surface area (Å²) in [7, 11) is 0. The van der Waals surface area contributed by atoms with Crippen LogP contribution in [0.3, 0.4) is 0 Å².